The number of carbonyl (C=O) groups is 1. The number of amides is 1. The highest BCUT2D eigenvalue weighted by molar-refractivity contribution is 6.35. The number of carbonyl (C=O) groups excluding carboxylic acids is 1. The Kier molecular flexibility index (Phi) is 3.65. The maximum Gasteiger partial charge on any atom is 0.268 e. The molecule has 0 aliphatic heterocycles. The van der Waals surface area contributed by atoms with Crippen LogP contribution in [0.1, 0.15) is 15.9 Å². The van der Waals surface area contributed by atoms with E-state index in [1.807, 2.05) is 5.43 Å². The molecule has 0 aromatic carbocycles. The molecule has 0 atom stereocenters. The molecule has 4 N–H and O–H groups in total. The summed E-state index contributed by atoms with van der Waals surface area (Å²) in [6, 6.07) is 0. The Morgan fingerprint density at radius 2 is 2.40 bits per heavy atom. The van der Waals surface area contributed by atoms with Crippen LogP contribution in [-0.4, -0.2) is 17.9 Å². The minimum absolute atomic E-state index is 0.216. The van der Waals surface area contributed by atoms with E-state index in [1.54, 1.807) is 7.05 Å². The van der Waals surface area contributed by atoms with E-state index in [0.29, 0.717) is 11.4 Å². The number of nitrogens with two attached hydrogens (primary N) is 1. The van der Waals surface area contributed by atoms with Crippen molar-refractivity contribution in [3.8, 4) is 0 Å². The van der Waals surface area contributed by atoms with Gasteiger partial charge >= 0.3 is 0 Å². The van der Waals surface area contributed by atoms with Crippen LogP contribution in [-0.2, 0) is 0 Å². The summed E-state index contributed by atoms with van der Waals surface area (Å²) < 4.78 is 0. The second-order valence-electron chi connectivity index (χ2n) is 2.68. The summed E-state index contributed by atoms with van der Waals surface area (Å²) in [5.41, 5.74) is 2.78. The minimum atomic E-state index is -0.488. The third kappa shape index (κ3) is 2.08. The van der Waals surface area contributed by atoms with Crippen LogP contribution in [0.25, 0.3) is 6.08 Å². The van der Waals surface area contributed by atoms with Crippen molar-refractivity contribution in [2.24, 2.45) is 5.84 Å². The smallest absolute Gasteiger partial charge is 0.268 e. The number of anilines is 1. The lowest BCUT2D eigenvalue weighted by Crippen LogP contribution is -2.30. The second kappa shape index (κ2) is 4.77. The van der Waals surface area contributed by atoms with Gasteiger partial charge in [-0.2, -0.15) is 0 Å². The van der Waals surface area contributed by atoms with Crippen molar-refractivity contribution in [3.05, 3.63) is 28.9 Å². The summed E-state index contributed by atoms with van der Waals surface area (Å²) >= 11 is 6.00. The maximum absolute atomic E-state index is 11.3. The van der Waals surface area contributed by atoms with Gasteiger partial charge in [-0.1, -0.05) is 24.3 Å². The monoisotopic (exact) mass is 226 g/mol. The average Bonchev–Trinajstić information content (AvgIpc) is 2.27. The van der Waals surface area contributed by atoms with Crippen LogP contribution in [0.3, 0.4) is 0 Å². The zero-order chi connectivity index (χ0) is 11.4. The number of nitrogens with one attached hydrogen (secondary N) is 2. The van der Waals surface area contributed by atoms with Gasteiger partial charge in [0.05, 0.1) is 10.6 Å². The second-order valence-corrected chi connectivity index (χ2v) is 3.05. The average molecular weight is 227 g/mol. The lowest BCUT2D eigenvalue weighted by molar-refractivity contribution is 0.0953. The zero-order valence-corrected chi connectivity index (χ0v) is 8.93. The summed E-state index contributed by atoms with van der Waals surface area (Å²) in [6.07, 6.45) is 2.87. The Labute approximate surface area is 92.3 Å². The molecule has 1 rings (SSSR count). The van der Waals surface area contributed by atoms with E-state index in [0.717, 1.165) is 0 Å². The summed E-state index contributed by atoms with van der Waals surface area (Å²) in [4.78, 5) is 15.3. The third-order valence-corrected chi connectivity index (χ3v) is 2.27. The van der Waals surface area contributed by atoms with E-state index in [1.165, 1.54) is 12.3 Å². The van der Waals surface area contributed by atoms with Crippen molar-refractivity contribution in [1.82, 2.24) is 10.4 Å². The summed E-state index contributed by atoms with van der Waals surface area (Å²) in [6.45, 7) is 3.60. The van der Waals surface area contributed by atoms with Crippen LogP contribution >= 0.6 is 11.6 Å². The van der Waals surface area contributed by atoms with Gasteiger partial charge in [0.15, 0.2) is 0 Å². The molecule has 1 aromatic heterocycles. The van der Waals surface area contributed by atoms with Crippen molar-refractivity contribution in [3.63, 3.8) is 0 Å². The number of aromatic nitrogens is 1. The van der Waals surface area contributed by atoms with Gasteiger partial charge in [0.25, 0.3) is 5.91 Å². The molecular weight excluding hydrogens is 216 g/mol. The molecule has 0 bridgehead atoms. The summed E-state index contributed by atoms with van der Waals surface area (Å²) in [5.74, 6) is 5.08. The molecule has 0 fully saturated rings. The molecule has 5 nitrogen and oxygen atoms in total. The molecule has 0 unspecified atom stereocenters. The molecule has 80 valence electrons. The normalized spacial score (nSPS) is 9.53. The number of hydrazine groups is 1. The fourth-order valence-corrected chi connectivity index (χ4v) is 1.43. The van der Waals surface area contributed by atoms with Gasteiger partial charge in [0.2, 0.25) is 0 Å². The van der Waals surface area contributed by atoms with Crippen molar-refractivity contribution in [2.45, 2.75) is 0 Å². The van der Waals surface area contributed by atoms with Crippen molar-refractivity contribution < 1.29 is 4.79 Å². The number of hydrogen-bond acceptors (Lipinski definition) is 4. The van der Waals surface area contributed by atoms with Crippen molar-refractivity contribution in [2.75, 3.05) is 12.4 Å². The first kappa shape index (κ1) is 11.5. The predicted octanol–water partition coefficient (Wildman–Crippen LogP) is 1.02. The maximum atomic E-state index is 11.3. The first-order chi connectivity index (χ1) is 7.15. The highest BCUT2D eigenvalue weighted by atomic mass is 35.5. The van der Waals surface area contributed by atoms with Crippen LogP contribution in [0, 0.1) is 0 Å². The van der Waals surface area contributed by atoms with E-state index in [9.17, 15) is 4.79 Å². The van der Waals surface area contributed by atoms with Crippen LogP contribution in [0.15, 0.2) is 12.8 Å². The number of rotatable bonds is 3. The molecule has 0 spiro atoms. The first-order valence-corrected chi connectivity index (χ1v) is 4.53. The third-order valence-electron chi connectivity index (χ3n) is 1.87. The lowest BCUT2D eigenvalue weighted by atomic mass is 10.1. The Morgan fingerprint density at radius 1 is 1.73 bits per heavy atom. The molecule has 1 amide bonds. The Morgan fingerprint density at radius 3 is 2.87 bits per heavy atom. The van der Waals surface area contributed by atoms with Gasteiger partial charge < -0.3 is 5.32 Å². The topological polar surface area (TPSA) is 80.0 Å². The number of nitrogen functional groups attached to an aromatic ring is 1. The molecule has 0 saturated heterocycles. The molecule has 0 saturated carbocycles. The molecule has 15 heavy (non-hydrogen) atoms. The largest absolute Gasteiger partial charge is 0.373 e. The Bertz CT molecular complexity index is 405. The Balaban J connectivity index is 3.35. The van der Waals surface area contributed by atoms with Crippen molar-refractivity contribution in [1.29, 1.82) is 0 Å². The fourth-order valence-electron chi connectivity index (χ4n) is 1.13. The minimum Gasteiger partial charge on any atom is -0.373 e. The van der Waals surface area contributed by atoms with Gasteiger partial charge in [-0.3, -0.25) is 10.2 Å². The van der Waals surface area contributed by atoms with Gasteiger partial charge in [-0.25, -0.2) is 10.8 Å². The standard InChI is InChI=1S/C9H11ClN4O/c1-3-5-7(10)6(9(15)14-11)4-13-8(5)12-2/h3-4H,1,11H2,2H3,(H,12,13)(H,14,15). The van der Waals surface area contributed by atoms with E-state index < -0.39 is 5.91 Å². The first-order valence-electron chi connectivity index (χ1n) is 4.15. The summed E-state index contributed by atoms with van der Waals surface area (Å²) in [7, 11) is 1.70. The molecule has 0 radical (unpaired) electrons. The number of hydrogen-bond donors (Lipinski definition) is 3. The van der Waals surface area contributed by atoms with Crippen LogP contribution in [0.5, 0.6) is 0 Å². The van der Waals surface area contributed by atoms with Crippen LogP contribution < -0.4 is 16.6 Å². The Hall–Kier alpha value is -1.59. The van der Waals surface area contributed by atoms with Gasteiger partial charge in [0, 0.05) is 18.8 Å². The predicted molar refractivity (Wildman–Crippen MR) is 60.5 cm³/mol. The zero-order valence-electron chi connectivity index (χ0n) is 8.17. The molecular formula is C9H11ClN4O. The number of nitrogens with zero attached hydrogens (tertiary/aromatic N) is 1. The summed E-state index contributed by atoms with van der Waals surface area (Å²) in [5, 5.41) is 3.11. The number of halogens is 1. The lowest BCUT2D eigenvalue weighted by Gasteiger charge is -2.09. The molecule has 0 aliphatic carbocycles. The van der Waals surface area contributed by atoms with Crippen molar-refractivity contribution >= 4 is 29.4 Å². The van der Waals surface area contributed by atoms with Gasteiger partial charge in [0.1, 0.15) is 5.82 Å². The SMILES string of the molecule is C=Cc1c(NC)ncc(C(=O)NN)c1Cl. The molecule has 0 aliphatic rings. The fraction of sp³-hybridized carbons (Fsp3) is 0.111. The van der Waals surface area contributed by atoms with Crippen LogP contribution in [0.2, 0.25) is 5.02 Å². The number of pyridine rings is 1. The van der Waals surface area contributed by atoms with E-state index in [-0.39, 0.29) is 10.6 Å². The van der Waals surface area contributed by atoms with E-state index in [4.69, 9.17) is 17.4 Å². The molecule has 1 aromatic rings. The van der Waals surface area contributed by atoms with Gasteiger partial charge in [-0.15, -0.1) is 0 Å². The van der Waals surface area contributed by atoms with E-state index in [2.05, 4.69) is 16.9 Å². The quantitative estimate of drug-likeness (QED) is 0.409. The highest BCUT2D eigenvalue weighted by Crippen LogP contribution is 2.26. The highest BCUT2D eigenvalue weighted by Gasteiger charge is 2.14. The molecule has 1 heterocycles. The van der Waals surface area contributed by atoms with Gasteiger partial charge in [-0.05, 0) is 0 Å². The van der Waals surface area contributed by atoms with Crippen LogP contribution in [0.4, 0.5) is 5.82 Å². The van der Waals surface area contributed by atoms with E-state index >= 15 is 0 Å². The molecule has 6 heteroatoms.